The molecule has 0 saturated carbocycles. The smallest absolute Gasteiger partial charge is 0.159 e. The van der Waals surface area contributed by atoms with Gasteiger partial charge in [0.05, 0.1) is 17.1 Å². The van der Waals surface area contributed by atoms with Crippen molar-refractivity contribution in [3.05, 3.63) is 240 Å². The second kappa shape index (κ2) is 21.4. The van der Waals surface area contributed by atoms with Gasteiger partial charge in [-0.2, -0.15) is 0 Å². The number of furan rings is 1. The lowest BCUT2D eigenvalue weighted by Crippen LogP contribution is -2.12. The summed E-state index contributed by atoms with van der Waals surface area (Å²) in [5.41, 5.74) is 22.5. The number of aromatic hydroxyl groups is 1. The summed E-state index contributed by atoms with van der Waals surface area (Å²) in [6.45, 7) is 18.1. The summed E-state index contributed by atoms with van der Waals surface area (Å²) in [6, 6.07) is 75.6. The summed E-state index contributed by atoms with van der Waals surface area (Å²) in [7, 11) is 0. The number of aryl methyl sites for hydroxylation is 4. The second-order valence-electron chi connectivity index (χ2n) is 22.8. The Morgan fingerprint density at radius 2 is 1.00 bits per heavy atom. The zero-order chi connectivity index (χ0) is 56.3. The molecule has 82 heavy (non-hydrogen) atoms. The Labute approximate surface area is 482 Å². The van der Waals surface area contributed by atoms with Crippen LogP contribution < -0.4 is 10.2 Å². The fourth-order valence-corrected chi connectivity index (χ4v) is 13.2. The number of anilines is 5. The molecule has 4 heteroatoms. The van der Waals surface area contributed by atoms with Crippen LogP contribution in [0, 0.1) is 0 Å². The van der Waals surface area contributed by atoms with Crippen LogP contribution in [0.25, 0.3) is 98.8 Å². The molecule has 2 N–H and O–H groups in total. The highest BCUT2D eigenvalue weighted by molar-refractivity contribution is 6.30. The maximum Gasteiger partial charge on any atom is 0.159 e. The summed E-state index contributed by atoms with van der Waals surface area (Å²) < 4.78 is 7.34. The van der Waals surface area contributed by atoms with Gasteiger partial charge in [0.2, 0.25) is 0 Å². The van der Waals surface area contributed by atoms with Crippen molar-refractivity contribution in [3.8, 4) is 50.3 Å². The Hall–Kier alpha value is -9.12. The summed E-state index contributed by atoms with van der Waals surface area (Å²) >= 11 is 0. The maximum atomic E-state index is 13.1. The van der Waals surface area contributed by atoms with Crippen molar-refractivity contribution in [1.82, 2.24) is 0 Å². The molecular weight excluding hydrogens is 997 g/mol. The fourth-order valence-electron chi connectivity index (χ4n) is 13.2. The van der Waals surface area contributed by atoms with E-state index in [9.17, 15) is 5.11 Å². The predicted octanol–water partition coefficient (Wildman–Crippen LogP) is 22.6. The van der Waals surface area contributed by atoms with Crippen LogP contribution in [0.15, 0.2) is 211 Å². The molecule has 0 spiro atoms. The molecule has 0 aliphatic carbocycles. The van der Waals surface area contributed by atoms with E-state index in [2.05, 4.69) is 272 Å². The topological polar surface area (TPSA) is 48.6 Å². The van der Waals surface area contributed by atoms with Gasteiger partial charge in [-0.05, 0) is 180 Å². The van der Waals surface area contributed by atoms with Gasteiger partial charge in [0.15, 0.2) is 5.58 Å². The lowest BCUT2D eigenvalue weighted by Gasteiger charge is -2.30. The molecule has 13 aromatic rings. The zero-order valence-corrected chi connectivity index (χ0v) is 48.4. The summed E-state index contributed by atoms with van der Waals surface area (Å²) in [6.07, 6.45) is 3.67. The van der Waals surface area contributed by atoms with Crippen LogP contribution in [0.4, 0.5) is 28.4 Å². The average molecular weight is 1070 g/mol. The van der Waals surface area contributed by atoms with Crippen LogP contribution in [-0.4, -0.2) is 5.11 Å². The standard InChI is InChI=1S/C78H70N2O2/c1-9-49-22-17-28-55(42-49)79-75-63(40-37-60(76(75)81)54-27-19-26-53(44-54)58-30-15-13-24-51(58)11-3)69-45-70-68(48(7)8)46-72(67-41-39-61-57(47(5)6)36-38-62(69)73(61)74(67)70)80(56-29-18-23-50(10-2)43-56)71-35-21-34-66-65-33-20-32-64(77(65)82-78(66)71)59-31-16-14-25-52(59)12-4/h13-48,79,81H,9-12H2,1-8H3. The first-order chi connectivity index (χ1) is 40.1. The largest absolute Gasteiger partial charge is 0.505 e. The number of hydrogen-bond acceptors (Lipinski definition) is 4. The molecule has 0 atom stereocenters. The van der Waals surface area contributed by atoms with Gasteiger partial charge in [0.25, 0.3) is 0 Å². The quantitative estimate of drug-likeness (QED) is 0.0793. The average Bonchev–Trinajstić information content (AvgIpc) is 2.10. The third kappa shape index (κ3) is 8.84. The fraction of sp³-hybridized carbons (Fsp3) is 0.179. The highest BCUT2D eigenvalue weighted by Gasteiger charge is 2.28. The molecule has 0 amide bonds. The lowest BCUT2D eigenvalue weighted by atomic mass is 9.81. The molecule has 12 aromatic carbocycles. The molecule has 0 fully saturated rings. The Bertz CT molecular complexity index is 4570. The number of benzene rings is 12. The molecule has 404 valence electrons. The van der Waals surface area contributed by atoms with E-state index < -0.39 is 0 Å². The molecule has 0 saturated heterocycles. The van der Waals surface area contributed by atoms with Crippen LogP contribution in [-0.2, 0) is 25.7 Å². The molecule has 0 aliphatic rings. The SMILES string of the molecule is CCc1cccc(Nc2c(-c3cc4c(C(C)C)cc(N(c5cccc(CC)c5)c5cccc6c5oc5c(-c7ccccc7CC)cccc56)c5ccc6c(C(C)C)ccc3c6c45)ccc(-c3cccc(-c4ccccc4CC)c3)c2O)c1. The third-order valence-electron chi connectivity index (χ3n) is 17.4. The molecule has 0 aliphatic heterocycles. The van der Waals surface area contributed by atoms with Gasteiger partial charge in [-0.1, -0.05) is 207 Å². The first-order valence-electron chi connectivity index (χ1n) is 29.7. The van der Waals surface area contributed by atoms with Crippen LogP contribution in [0.5, 0.6) is 5.75 Å². The Morgan fingerprint density at radius 3 is 1.74 bits per heavy atom. The van der Waals surface area contributed by atoms with Crippen LogP contribution in [0.1, 0.15) is 101 Å². The number of nitrogens with one attached hydrogen (secondary N) is 1. The molecule has 13 rings (SSSR count). The van der Waals surface area contributed by atoms with Crippen molar-refractivity contribution in [3.63, 3.8) is 0 Å². The minimum atomic E-state index is 0.142. The van der Waals surface area contributed by atoms with E-state index in [4.69, 9.17) is 4.42 Å². The lowest BCUT2D eigenvalue weighted by molar-refractivity contribution is 0.480. The third-order valence-corrected chi connectivity index (χ3v) is 17.4. The van der Waals surface area contributed by atoms with Crippen molar-refractivity contribution in [2.24, 2.45) is 0 Å². The van der Waals surface area contributed by atoms with Gasteiger partial charge in [-0.3, -0.25) is 0 Å². The van der Waals surface area contributed by atoms with Crippen LogP contribution in [0.3, 0.4) is 0 Å². The number of fused-ring (bicyclic) bond motifs is 3. The van der Waals surface area contributed by atoms with Crippen molar-refractivity contribution in [2.45, 2.75) is 92.9 Å². The first-order valence-corrected chi connectivity index (χ1v) is 29.7. The van der Waals surface area contributed by atoms with Gasteiger partial charge >= 0.3 is 0 Å². The highest BCUT2D eigenvalue weighted by atomic mass is 16.3. The van der Waals surface area contributed by atoms with Crippen molar-refractivity contribution in [1.29, 1.82) is 0 Å². The minimum Gasteiger partial charge on any atom is -0.505 e. The van der Waals surface area contributed by atoms with Gasteiger partial charge < -0.3 is 19.7 Å². The monoisotopic (exact) mass is 1070 g/mol. The molecular formula is C78H70N2O2. The van der Waals surface area contributed by atoms with E-state index in [1.54, 1.807) is 0 Å². The van der Waals surface area contributed by atoms with Crippen molar-refractivity contribution in [2.75, 3.05) is 10.2 Å². The van der Waals surface area contributed by atoms with Crippen LogP contribution >= 0.6 is 0 Å². The van der Waals surface area contributed by atoms with Crippen molar-refractivity contribution < 1.29 is 9.52 Å². The van der Waals surface area contributed by atoms with Gasteiger partial charge in [-0.25, -0.2) is 0 Å². The van der Waals surface area contributed by atoms with E-state index in [1.165, 1.54) is 66.1 Å². The van der Waals surface area contributed by atoms with E-state index >= 15 is 0 Å². The van der Waals surface area contributed by atoms with E-state index in [0.717, 1.165) is 115 Å². The second-order valence-corrected chi connectivity index (χ2v) is 22.8. The summed E-state index contributed by atoms with van der Waals surface area (Å²) in [5.74, 6) is 0.630. The molecule has 1 aromatic heterocycles. The Balaban J connectivity index is 1.09. The minimum absolute atomic E-state index is 0.142. The summed E-state index contributed by atoms with van der Waals surface area (Å²) in [4.78, 5) is 2.48. The summed E-state index contributed by atoms with van der Waals surface area (Å²) in [5, 5.41) is 26.3. The van der Waals surface area contributed by atoms with E-state index in [0.29, 0.717) is 5.69 Å². The molecule has 1 heterocycles. The molecule has 4 nitrogen and oxygen atoms in total. The van der Waals surface area contributed by atoms with E-state index in [1.807, 2.05) is 0 Å². The molecule has 0 unspecified atom stereocenters. The Morgan fingerprint density at radius 1 is 0.402 bits per heavy atom. The zero-order valence-electron chi connectivity index (χ0n) is 48.4. The number of hydrogen-bond donors (Lipinski definition) is 2. The first kappa shape index (κ1) is 52.3. The molecule has 0 bridgehead atoms. The Kier molecular flexibility index (Phi) is 13.6. The number of nitrogens with zero attached hydrogens (tertiary/aromatic N) is 1. The predicted molar refractivity (Wildman–Crippen MR) is 351 cm³/mol. The number of para-hydroxylation sites is 2. The number of rotatable bonds is 15. The normalized spacial score (nSPS) is 11.9. The molecule has 0 radical (unpaired) electrons. The van der Waals surface area contributed by atoms with Gasteiger partial charge in [0, 0.05) is 44.2 Å². The number of phenols is 1. The van der Waals surface area contributed by atoms with E-state index in [-0.39, 0.29) is 17.6 Å². The highest BCUT2D eigenvalue weighted by Crippen LogP contribution is 2.54. The number of phenolic OH excluding ortho intramolecular Hbond substituents is 1. The van der Waals surface area contributed by atoms with Crippen molar-refractivity contribution >= 4 is 82.7 Å². The van der Waals surface area contributed by atoms with Gasteiger partial charge in [-0.15, -0.1) is 0 Å². The van der Waals surface area contributed by atoms with Gasteiger partial charge in [0.1, 0.15) is 11.3 Å². The van der Waals surface area contributed by atoms with Crippen LogP contribution in [0.2, 0.25) is 0 Å². The maximum absolute atomic E-state index is 13.1.